The Hall–Kier alpha value is -2.75. The first-order chi connectivity index (χ1) is 19.4. The number of nitrogens with zero attached hydrogens (tertiary/aromatic N) is 3. The van der Waals surface area contributed by atoms with Crippen LogP contribution in [0.3, 0.4) is 0 Å². The van der Waals surface area contributed by atoms with E-state index in [1.165, 1.54) is 38.6 Å². The van der Waals surface area contributed by atoms with E-state index < -0.39 is 10.0 Å². The average Bonchev–Trinajstić information content (AvgIpc) is 3.42. The third-order valence-corrected chi connectivity index (χ3v) is 10.7. The van der Waals surface area contributed by atoms with Crippen LogP contribution in [0.1, 0.15) is 57.8 Å². The Morgan fingerprint density at radius 3 is 2.35 bits per heavy atom. The third kappa shape index (κ3) is 6.26. The fraction of sp³-hybridized carbons (Fsp3) is 0.548. The molecule has 3 aromatic rings. The minimum atomic E-state index is -3.69. The molecule has 0 unspecified atom stereocenters. The van der Waals surface area contributed by atoms with Crippen molar-refractivity contribution in [3.8, 4) is 11.4 Å². The molecule has 3 aliphatic rings. The molecule has 0 spiro atoms. The summed E-state index contributed by atoms with van der Waals surface area (Å²) in [4.78, 5) is 26.0. The molecule has 0 radical (unpaired) electrons. The van der Waals surface area contributed by atoms with Crippen molar-refractivity contribution in [1.82, 2.24) is 24.5 Å². The highest BCUT2D eigenvalue weighted by atomic mass is 32.2. The first-order valence-electron chi connectivity index (χ1n) is 15.0. The van der Waals surface area contributed by atoms with Crippen LogP contribution < -0.4 is 4.72 Å². The number of carbonyl (C=O) groups excluding carboxylic acids is 1. The number of H-pyrrole nitrogens is 1. The van der Waals surface area contributed by atoms with Gasteiger partial charge in [-0.15, -0.1) is 0 Å². The fourth-order valence-electron chi connectivity index (χ4n) is 6.78. The van der Waals surface area contributed by atoms with Crippen LogP contribution >= 0.6 is 0 Å². The zero-order valence-electron chi connectivity index (χ0n) is 23.2. The molecule has 8 nitrogen and oxygen atoms in total. The van der Waals surface area contributed by atoms with Gasteiger partial charge in [-0.1, -0.05) is 49.6 Å². The molecule has 214 valence electrons. The number of aromatic amines is 1. The summed E-state index contributed by atoms with van der Waals surface area (Å²) in [5.41, 5.74) is 2.37. The predicted molar refractivity (Wildman–Crippen MR) is 157 cm³/mol. The van der Waals surface area contributed by atoms with Gasteiger partial charge in [0.05, 0.1) is 15.9 Å². The van der Waals surface area contributed by atoms with Crippen LogP contribution in [0.25, 0.3) is 22.4 Å². The summed E-state index contributed by atoms with van der Waals surface area (Å²) in [6.45, 7) is 4.78. The van der Waals surface area contributed by atoms with E-state index in [9.17, 15) is 13.2 Å². The van der Waals surface area contributed by atoms with Crippen molar-refractivity contribution in [3.63, 3.8) is 0 Å². The fourth-order valence-corrected chi connectivity index (χ4v) is 8.10. The van der Waals surface area contributed by atoms with Crippen LogP contribution in [-0.4, -0.2) is 72.9 Å². The van der Waals surface area contributed by atoms with Gasteiger partial charge in [0.15, 0.2) is 0 Å². The van der Waals surface area contributed by atoms with E-state index in [1.807, 2.05) is 30.3 Å². The van der Waals surface area contributed by atoms with Gasteiger partial charge >= 0.3 is 0 Å². The van der Waals surface area contributed by atoms with Crippen LogP contribution in [0.4, 0.5) is 0 Å². The highest BCUT2D eigenvalue weighted by molar-refractivity contribution is 7.89. The van der Waals surface area contributed by atoms with Gasteiger partial charge in [0.1, 0.15) is 5.82 Å². The monoisotopic (exact) mass is 563 g/mol. The molecule has 1 aromatic heterocycles. The Bertz CT molecular complexity index is 1400. The van der Waals surface area contributed by atoms with Gasteiger partial charge in [0.25, 0.3) is 0 Å². The number of hydrogen-bond donors (Lipinski definition) is 2. The van der Waals surface area contributed by atoms with Gasteiger partial charge < -0.3 is 9.88 Å². The molecule has 1 saturated heterocycles. The van der Waals surface area contributed by atoms with Gasteiger partial charge in [-0.3, -0.25) is 9.69 Å². The Morgan fingerprint density at radius 2 is 1.62 bits per heavy atom. The Morgan fingerprint density at radius 1 is 0.900 bits per heavy atom. The summed E-state index contributed by atoms with van der Waals surface area (Å²) in [6, 6.07) is 14.7. The molecular weight excluding hydrogens is 522 g/mol. The summed E-state index contributed by atoms with van der Waals surface area (Å²) >= 11 is 0. The van der Waals surface area contributed by atoms with Crippen LogP contribution in [0.5, 0.6) is 0 Å². The Balaban J connectivity index is 0.998. The lowest BCUT2D eigenvalue weighted by molar-refractivity contribution is -0.138. The molecule has 2 heterocycles. The number of aromatic nitrogens is 2. The average molecular weight is 564 g/mol. The lowest BCUT2D eigenvalue weighted by atomic mass is 9.85. The molecule has 40 heavy (non-hydrogen) atoms. The van der Waals surface area contributed by atoms with Gasteiger partial charge in [-0.2, -0.15) is 0 Å². The molecule has 0 atom stereocenters. The highest BCUT2D eigenvalue weighted by Crippen LogP contribution is 2.29. The Labute approximate surface area is 237 Å². The van der Waals surface area contributed by atoms with Crippen molar-refractivity contribution in [2.45, 2.75) is 68.7 Å². The van der Waals surface area contributed by atoms with E-state index >= 15 is 0 Å². The number of carbonyl (C=O) groups is 1. The number of hydrogen-bond acceptors (Lipinski definition) is 5. The number of rotatable bonds is 7. The lowest BCUT2D eigenvalue weighted by Crippen LogP contribution is -2.52. The maximum atomic E-state index is 13.3. The second-order valence-corrected chi connectivity index (χ2v) is 13.6. The van der Waals surface area contributed by atoms with Crippen molar-refractivity contribution in [2.24, 2.45) is 11.8 Å². The maximum Gasteiger partial charge on any atom is 0.240 e. The van der Waals surface area contributed by atoms with Gasteiger partial charge in [-0.25, -0.2) is 18.1 Å². The molecule has 0 bridgehead atoms. The third-order valence-electron chi connectivity index (χ3n) is 9.14. The standard InChI is InChI=1S/C31H41N5O3S/c37-31(36-19-17-35(18-20-36)22-23-7-3-1-4-8-23)25-11-13-26(14-12-25)34-40(38,39)27-15-16-28-29(21-27)33-30(32-28)24-9-5-2-6-10-24/h2,5-6,9-10,15-16,21,23,25-26,34H,1,3-4,7-8,11-14,17-20,22H2,(H,32,33). The van der Waals surface area contributed by atoms with E-state index in [4.69, 9.17) is 0 Å². The SMILES string of the molecule is O=C(C1CCC(NS(=O)(=O)c2ccc3[nH]c(-c4ccccc4)nc3c2)CC1)N1CCN(CC2CCCCC2)CC1. The lowest BCUT2D eigenvalue weighted by Gasteiger charge is -2.39. The van der Waals surface area contributed by atoms with Crippen molar-refractivity contribution >= 4 is 27.0 Å². The minimum absolute atomic E-state index is 0.00228. The summed E-state index contributed by atoms with van der Waals surface area (Å²) in [7, 11) is -3.69. The largest absolute Gasteiger partial charge is 0.340 e. The number of imidazole rings is 1. The normalized spacial score (nSPS) is 23.4. The smallest absolute Gasteiger partial charge is 0.240 e. The quantitative estimate of drug-likeness (QED) is 0.431. The van der Waals surface area contributed by atoms with Crippen LogP contribution in [-0.2, 0) is 14.8 Å². The second kappa shape index (κ2) is 12.0. The molecule has 9 heteroatoms. The maximum absolute atomic E-state index is 13.3. The molecule has 3 fully saturated rings. The summed E-state index contributed by atoms with van der Waals surface area (Å²) in [5, 5.41) is 0. The molecule has 2 aromatic carbocycles. The summed E-state index contributed by atoms with van der Waals surface area (Å²) < 4.78 is 29.4. The van der Waals surface area contributed by atoms with E-state index in [0.717, 1.165) is 56.0 Å². The van der Waals surface area contributed by atoms with Crippen molar-refractivity contribution < 1.29 is 13.2 Å². The first kappa shape index (κ1) is 27.4. The second-order valence-electron chi connectivity index (χ2n) is 11.9. The number of nitrogens with one attached hydrogen (secondary N) is 2. The molecule has 1 aliphatic heterocycles. The van der Waals surface area contributed by atoms with Crippen LogP contribution in [0.15, 0.2) is 53.4 Å². The van der Waals surface area contributed by atoms with Crippen molar-refractivity contribution in [1.29, 1.82) is 0 Å². The van der Waals surface area contributed by atoms with E-state index in [-0.39, 0.29) is 22.8 Å². The topological polar surface area (TPSA) is 98.4 Å². The zero-order valence-corrected chi connectivity index (χ0v) is 24.0. The summed E-state index contributed by atoms with van der Waals surface area (Å²) in [5.74, 6) is 1.81. The molecule has 6 rings (SSSR count). The number of benzene rings is 2. The first-order valence-corrected chi connectivity index (χ1v) is 16.5. The minimum Gasteiger partial charge on any atom is -0.340 e. The molecular formula is C31H41N5O3S. The van der Waals surface area contributed by atoms with Crippen LogP contribution in [0.2, 0.25) is 0 Å². The van der Waals surface area contributed by atoms with Crippen LogP contribution in [0, 0.1) is 11.8 Å². The molecule has 2 saturated carbocycles. The van der Waals surface area contributed by atoms with Gasteiger partial charge in [0.2, 0.25) is 15.9 Å². The van der Waals surface area contributed by atoms with Gasteiger partial charge in [-0.05, 0) is 62.6 Å². The van der Waals surface area contributed by atoms with Crippen molar-refractivity contribution in [2.75, 3.05) is 32.7 Å². The predicted octanol–water partition coefficient (Wildman–Crippen LogP) is 4.79. The number of fused-ring (bicyclic) bond motifs is 1. The van der Waals surface area contributed by atoms with Gasteiger partial charge in [0, 0.05) is 50.2 Å². The molecule has 2 aliphatic carbocycles. The Kier molecular flexibility index (Phi) is 8.23. The number of amides is 1. The number of sulfonamides is 1. The highest BCUT2D eigenvalue weighted by Gasteiger charge is 2.33. The van der Waals surface area contributed by atoms with Crippen molar-refractivity contribution in [3.05, 3.63) is 48.5 Å². The number of piperazine rings is 1. The molecule has 2 N–H and O–H groups in total. The van der Waals surface area contributed by atoms with E-state index in [2.05, 4.69) is 24.5 Å². The zero-order chi connectivity index (χ0) is 27.5. The summed E-state index contributed by atoms with van der Waals surface area (Å²) in [6.07, 6.45) is 9.67. The van der Waals surface area contributed by atoms with E-state index in [1.54, 1.807) is 18.2 Å². The van der Waals surface area contributed by atoms with E-state index in [0.29, 0.717) is 24.2 Å². The molecule has 1 amide bonds.